The van der Waals surface area contributed by atoms with Crippen molar-refractivity contribution in [3.8, 4) is 22.1 Å². The van der Waals surface area contributed by atoms with Gasteiger partial charge in [0.1, 0.15) is 5.01 Å². The van der Waals surface area contributed by atoms with Crippen LogP contribution in [0.25, 0.3) is 10.6 Å². The zero-order valence-electron chi connectivity index (χ0n) is 17.8. The average molecular weight is 412 g/mol. The number of hydrogen-bond acceptors (Lipinski definition) is 6. The molecule has 2 aromatic carbocycles. The van der Waals surface area contributed by atoms with Gasteiger partial charge < -0.3 is 14.4 Å². The summed E-state index contributed by atoms with van der Waals surface area (Å²) in [6, 6.07) is 14.7. The van der Waals surface area contributed by atoms with Crippen molar-refractivity contribution >= 4 is 17.0 Å². The van der Waals surface area contributed by atoms with Gasteiger partial charge in [-0.1, -0.05) is 19.1 Å². The Morgan fingerprint density at radius 3 is 2.28 bits per heavy atom. The smallest absolute Gasteiger partial charge is 0.161 e. The Morgan fingerprint density at radius 2 is 1.66 bits per heavy atom. The predicted molar refractivity (Wildman–Crippen MR) is 121 cm³/mol. The topological polar surface area (TPSA) is 37.8 Å². The lowest BCUT2D eigenvalue weighted by Crippen LogP contribution is -2.22. The number of anilines is 1. The van der Waals surface area contributed by atoms with Crippen molar-refractivity contribution in [1.82, 2.24) is 9.88 Å². The number of nitrogens with zero attached hydrogens (tertiary/aromatic N) is 3. The Hall–Kier alpha value is -2.57. The normalized spacial score (nSPS) is 11.0. The molecule has 0 bridgehead atoms. The molecule has 1 aromatic heterocycles. The van der Waals surface area contributed by atoms with Crippen molar-refractivity contribution in [1.29, 1.82) is 0 Å². The highest BCUT2D eigenvalue weighted by atomic mass is 32.1. The molecule has 0 atom stereocenters. The second-order valence-electron chi connectivity index (χ2n) is 7.08. The molecule has 3 aromatic rings. The van der Waals surface area contributed by atoms with Gasteiger partial charge in [-0.15, -0.1) is 11.3 Å². The molecule has 0 aliphatic heterocycles. The van der Waals surface area contributed by atoms with Gasteiger partial charge in [-0.05, 0) is 42.4 Å². The molecule has 0 radical (unpaired) electrons. The van der Waals surface area contributed by atoms with Gasteiger partial charge in [-0.3, -0.25) is 4.90 Å². The van der Waals surface area contributed by atoms with Crippen LogP contribution in [0.5, 0.6) is 11.5 Å². The van der Waals surface area contributed by atoms with Gasteiger partial charge in [0.05, 0.1) is 19.9 Å². The second kappa shape index (κ2) is 9.76. The number of hydrogen-bond donors (Lipinski definition) is 0. The van der Waals surface area contributed by atoms with Crippen LogP contribution in [0, 0.1) is 0 Å². The zero-order valence-corrected chi connectivity index (χ0v) is 18.6. The predicted octanol–water partition coefficient (Wildman–Crippen LogP) is 4.92. The molecule has 0 amide bonds. The Balaban J connectivity index is 1.69. The van der Waals surface area contributed by atoms with Gasteiger partial charge in [0, 0.05) is 43.8 Å². The van der Waals surface area contributed by atoms with Crippen LogP contribution in [0.4, 0.5) is 5.69 Å². The molecular weight excluding hydrogens is 382 g/mol. The minimum Gasteiger partial charge on any atom is -0.493 e. The van der Waals surface area contributed by atoms with E-state index in [1.165, 1.54) is 11.3 Å². The zero-order chi connectivity index (χ0) is 20.8. The van der Waals surface area contributed by atoms with E-state index in [2.05, 4.69) is 60.5 Å². The standard InChI is InChI=1S/C23H29N3O2S/c1-6-26(14-17-7-10-20(11-8-17)25(2)3)15-19-16-29-23(24-19)18-9-12-21(27-4)22(13-18)28-5/h7-13,16H,6,14-15H2,1-5H3. The van der Waals surface area contributed by atoms with Crippen LogP contribution in [-0.4, -0.2) is 44.7 Å². The van der Waals surface area contributed by atoms with Gasteiger partial charge in [-0.25, -0.2) is 4.98 Å². The van der Waals surface area contributed by atoms with Gasteiger partial charge >= 0.3 is 0 Å². The van der Waals surface area contributed by atoms with E-state index in [1.54, 1.807) is 25.6 Å². The summed E-state index contributed by atoms with van der Waals surface area (Å²) in [4.78, 5) is 9.37. The quantitative estimate of drug-likeness (QED) is 0.500. The monoisotopic (exact) mass is 411 g/mol. The third-order valence-electron chi connectivity index (χ3n) is 4.87. The molecule has 29 heavy (non-hydrogen) atoms. The Morgan fingerprint density at radius 1 is 0.931 bits per heavy atom. The maximum atomic E-state index is 5.42. The highest BCUT2D eigenvalue weighted by Gasteiger charge is 2.12. The molecule has 6 heteroatoms. The fourth-order valence-corrected chi connectivity index (χ4v) is 3.96. The van der Waals surface area contributed by atoms with Crippen LogP contribution in [-0.2, 0) is 13.1 Å². The van der Waals surface area contributed by atoms with E-state index < -0.39 is 0 Å². The van der Waals surface area contributed by atoms with Crippen LogP contribution >= 0.6 is 11.3 Å². The summed E-state index contributed by atoms with van der Waals surface area (Å²) in [6.45, 7) is 4.90. The SMILES string of the molecule is CCN(Cc1ccc(N(C)C)cc1)Cc1csc(-c2ccc(OC)c(OC)c2)n1. The lowest BCUT2D eigenvalue weighted by Gasteiger charge is -2.20. The molecule has 5 nitrogen and oxygen atoms in total. The first-order valence-electron chi connectivity index (χ1n) is 9.69. The van der Waals surface area contributed by atoms with Gasteiger partial charge in [0.25, 0.3) is 0 Å². The van der Waals surface area contributed by atoms with Crippen LogP contribution < -0.4 is 14.4 Å². The summed E-state index contributed by atoms with van der Waals surface area (Å²) in [5.74, 6) is 1.45. The van der Waals surface area contributed by atoms with E-state index >= 15 is 0 Å². The van der Waals surface area contributed by atoms with E-state index in [1.807, 2.05) is 18.2 Å². The molecule has 0 fully saturated rings. The van der Waals surface area contributed by atoms with Crippen molar-refractivity contribution in [2.75, 3.05) is 39.8 Å². The molecule has 0 unspecified atom stereocenters. The molecule has 0 N–H and O–H groups in total. The van der Waals surface area contributed by atoms with E-state index in [-0.39, 0.29) is 0 Å². The average Bonchev–Trinajstić information content (AvgIpc) is 3.21. The van der Waals surface area contributed by atoms with E-state index in [9.17, 15) is 0 Å². The molecule has 0 saturated heterocycles. The highest BCUT2D eigenvalue weighted by molar-refractivity contribution is 7.13. The first-order chi connectivity index (χ1) is 14.0. The van der Waals surface area contributed by atoms with E-state index in [4.69, 9.17) is 14.5 Å². The van der Waals surface area contributed by atoms with Gasteiger partial charge in [-0.2, -0.15) is 0 Å². The summed E-state index contributed by atoms with van der Waals surface area (Å²) in [5, 5.41) is 3.14. The van der Waals surface area contributed by atoms with Gasteiger partial charge in [0.2, 0.25) is 0 Å². The first kappa shape index (κ1) is 21.1. The maximum absolute atomic E-state index is 5.42. The summed E-state index contributed by atoms with van der Waals surface area (Å²) in [7, 11) is 7.42. The molecule has 3 rings (SSSR count). The third-order valence-corrected chi connectivity index (χ3v) is 5.81. The molecular formula is C23H29N3O2S. The number of rotatable bonds is 9. The van der Waals surface area contributed by atoms with Crippen molar-refractivity contribution in [3.63, 3.8) is 0 Å². The Kier molecular flexibility index (Phi) is 7.12. The lowest BCUT2D eigenvalue weighted by atomic mass is 10.2. The first-order valence-corrected chi connectivity index (χ1v) is 10.6. The second-order valence-corrected chi connectivity index (χ2v) is 7.94. The van der Waals surface area contributed by atoms with Crippen LogP contribution in [0.1, 0.15) is 18.2 Å². The maximum Gasteiger partial charge on any atom is 0.161 e. The minimum atomic E-state index is 0.720. The number of ether oxygens (including phenoxy) is 2. The molecule has 0 saturated carbocycles. The number of benzene rings is 2. The van der Waals surface area contributed by atoms with E-state index in [0.717, 1.165) is 47.4 Å². The largest absolute Gasteiger partial charge is 0.493 e. The number of methoxy groups -OCH3 is 2. The van der Waals surface area contributed by atoms with Crippen molar-refractivity contribution in [2.45, 2.75) is 20.0 Å². The number of aromatic nitrogens is 1. The molecule has 0 aliphatic rings. The molecule has 0 aliphatic carbocycles. The third kappa shape index (κ3) is 5.28. The summed E-state index contributed by atoms with van der Waals surface area (Å²) in [5.41, 5.74) is 4.66. The summed E-state index contributed by atoms with van der Waals surface area (Å²) >= 11 is 1.66. The molecule has 154 valence electrons. The summed E-state index contributed by atoms with van der Waals surface area (Å²) < 4.78 is 10.7. The van der Waals surface area contributed by atoms with E-state index in [0.29, 0.717) is 0 Å². The Bertz CT molecular complexity index is 922. The molecule has 0 spiro atoms. The van der Waals surface area contributed by atoms with Crippen LogP contribution in [0.2, 0.25) is 0 Å². The fourth-order valence-electron chi connectivity index (χ4n) is 3.15. The van der Waals surface area contributed by atoms with Crippen molar-refractivity contribution in [2.24, 2.45) is 0 Å². The minimum absolute atomic E-state index is 0.720. The summed E-state index contributed by atoms with van der Waals surface area (Å²) in [6.07, 6.45) is 0. The van der Waals surface area contributed by atoms with Crippen molar-refractivity contribution < 1.29 is 9.47 Å². The van der Waals surface area contributed by atoms with Gasteiger partial charge in [0.15, 0.2) is 11.5 Å². The van der Waals surface area contributed by atoms with Crippen LogP contribution in [0.3, 0.4) is 0 Å². The molecule has 1 heterocycles. The number of thiazole rings is 1. The lowest BCUT2D eigenvalue weighted by molar-refractivity contribution is 0.269. The van der Waals surface area contributed by atoms with Crippen LogP contribution in [0.15, 0.2) is 47.8 Å². The fraction of sp³-hybridized carbons (Fsp3) is 0.348. The highest BCUT2D eigenvalue weighted by Crippen LogP contribution is 2.33. The van der Waals surface area contributed by atoms with Crippen molar-refractivity contribution in [3.05, 3.63) is 59.1 Å². The Labute approximate surface area is 177 Å².